The smallest absolute Gasteiger partial charge is 0.335 e. The zero-order valence-electron chi connectivity index (χ0n) is 14.8. The molecule has 0 aliphatic carbocycles. The number of carboxylic acid groups (broad SMARTS) is 1. The van der Waals surface area contributed by atoms with Crippen LogP contribution < -0.4 is 5.32 Å². The number of carboxylic acids is 1. The van der Waals surface area contributed by atoms with Gasteiger partial charge >= 0.3 is 5.97 Å². The molecule has 3 rings (SSSR count). The molecule has 0 saturated heterocycles. The van der Waals surface area contributed by atoms with Gasteiger partial charge in [0.2, 0.25) is 5.91 Å². The third-order valence-corrected chi connectivity index (χ3v) is 4.43. The molecule has 6 heteroatoms. The maximum atomic E-state index is 12.3. The number of aromatic carboxylic acids is 1. The highest BCUT2D eigenvalue weighted by Gasteiger charge is 2.16. The lowest BCUT2D eigenvalue weighted by Gasteiger charge is -2.14. The average molecular weight is 351 g/mol. The van der Waals surface area contributed by atoms with Gasteiger partial charge in [0, 0.05) is 13.5 Å². The first-order valence-corrected chi connectivity index (χ1v) is 8.48. The maximum Gasteiger partial charge on any atom is 0.335 e. The van der Waals surface area contributed by atoms with Gasteiger partial charge in [0.15, 0.2) is 0 Å². The van der Waals surface area contributed by atoms with E-state index in [4.69, 9.17) is 5.11 Å². The Kier molecular flexibility index (Phi) is 5.02. The second-order valence-electron chi connectivity index (χ2n) is 6.31. The summed E-state index contributed by atoms with van der Waals surface area (Å²) in [7, 11) is 1.94. The van der Waals surface area contributed by atoms with Crippen molar-refractivity contribution >= 4 is 22.9 Å². The molecule has 2 aromatic carbocycles. The molecule has 1 unspecified atom stereocenters. The van der Waals surface area contributed by atoms with Crippen molar-refractivity contribution in [1.29, 1.82) is 0 Å². The number of aromatic nitrogens is 2. The maximum absolute atomic E-state index is 12.3. The third kappa shape index (κ3) is 3.74. The SMILES string of the molecule is CC(NC(=O)CCc1ccc(C(=O)O)cc1)c1nc2ccccc2n1C. The van der Waals surface area contributed by atoms with E-state index in [1.807, 2.05) is 42.8 Å². The van der Waals surface area contributed by atoms with Gasteiger partial charge in [0.25, 0.3) is 0 Å². The van der Waals surface area contributed by atoms with Crippen LogP contribution in [0.3, 0.4) is 0 Å². The summed E-state index contributed by atoms with van der Waals surface area (Å²) in [6.45, 7) is 1.92. The summed E-state index contributed by atoms with van der Waals surface area (Å²) in [5.74, 6) is -0.206. The van der Waals surface area contributed by atoms with Crippen LogP contribution in [-0.2, 0) is 18.3 Å². The molecule has 0 radical (unpaired) electrons. The van der Waals surface area contributed by atoms with Crippen LogP contribution in [0.4, 0.5) is 0 Å². The molecule has 2 N–H and O–H groups in total. The number of nitrogens with one attached hydrogen (secondary N) is 1. The number of carbonyl (C=O) groups excluding carboxylic acids is 1. The topological polar surface area (TPSA) is 84.2 Å². The molecule has 1 atom stereocenters. The van der Waals surface area contributed by atoms with Gasteiger partial charge in [-0.25, -0.2) is 9.78 Å². The second-order valence-corrected chi connectivity index (χ2v) is 6.31. The van der Waals surface area contributed by atoms with E-state index >= 15 is 0 Å². The second kappa shape index (κ2) is 7.39. The van der Waals surface area contributed by atoms with Crippen LogP contribution in [0.5, 0.6) is 0 Å². The Bertz CT molecular complexity index is 945. The minimum absolute atomic E-state index is 0.0631. The zero-order chi connectivity index (χ0) is 18.7. The molecule has 0 bridgehead atoms. The van der Waals surface area contributed by atoms with Crippen LogP contribution in [0.1, 0.15) is 41.1 Å². The first kappa shape index (κ1) is 17.7. The molecule has 26 heavy (non-hydrogen) atoms. The first-order valence-electron chi connectivity index (χ1n) is 8.48. The van der Waals surface area contributed by atoms with E-state index in [1.54, 1.807) is 24.3 Å². The molecule has 134 valence electrons. The molecule has 1 aromatic heterocycles. The summed E-state index contributed by atoms with van der Waals surface area (Å²) >= 11 is 0. The Morgan fingerprint density at radius 2 is 1.85 bits per heavy atom. The average Bonchev–Trinajstić information content (AvgIpc) is 2.97. The summed E-state index contributed by atoms with van der Waals surface area (Å²) in [5, 5.41) is 11.9. The molecular weight excluding hydrogens is 330 g/mol. The standard InChI is InChI=1S/C20H21N3O3/c1-13(19-22-16-5-3-4-6-17(16)23(19)2)21-18(24)12-9-14-7-10-15(11-8-14)20(25)26/h3-8,10-11,13H,9,12H2,1-2H3,(H,21,24)(H,25,26). The van der Waals surface area contributed by atoms with Gasteiger partial charge in [-0.05, 0) is 43.2 Å². The van der Waals surface area contributed by atoms with Crippen molar-refractivity contribution < 1.29 is 14.7 Å². The normalized spacial score (nSPS) is 12.1. The fraction of sp³-hybridized carbons (Fsp3) is 0.250. The molecule has 0 saturated carbocycles. The lowest BCUT2D eigenvalue weighted by Crippen LogP contribution is -2.28. The quantitative estimate of drug-likeness (QED) is 0.715. The number of fused-ring (bicyclic) bond motifs is 1. The fourth-order valence-electron chi connectivity index (χ4n) is 3.00. The Labute approximate surface area is 151 Å². The van der Waals surface area contributed by atoms with Gasteiger partial charge in [0.05, 0.1) is 22.6 Å². The highest BCUT2D eigenvalue weighted by atomic mass is 16.4. The monoisotopic (exact) mass is 351 g/mol. The van der Waals surface area contributed by atoms with Crippen molar-refractivity contribution in [3.05, 3.63) is 65.5 Å². The summed E-state index contributed by atoms with van der Waals surface area (Å²) in [6, 6.07) is 14.3. The summed E-state index contributed by atoms with van der Waals surface area (Å²) < 4.78 is 1.99. The largest absolute Gasteiger partial charge is 0.478 e. The van der Waals surface area contributed by atoms with Crippen molar-refractivity contribution in [2.24, 2.45) is 7.05 Å². The molecule has 0 aliphatic heterocycles. The fourth-order valence-corrected chi connectivity index (χ4v) is 3.00. The van der Waals surface area contributed by atoms with Crippen molar-refractivity contribution in [1.82, 2.24) is 14.9 Å². The highest BCUT2D eigenvalue weighted by molar-refractivity contribution is 5.87. The predicted octanol–water partition coefficient (Wildman–Crippen LogP) is 3.08. The third-order valence-electron chi connectivity index (χ3n) is 4.43. The number of hydrogen-bond acceptors (Lipinski definition) is 3. The van der Waals surface area contributed by atoms with Crippen LogP contribution >= 0.6 is 0 Å². The first-order chi connectivity index (χ1) is 12.5. The number of carbonyl (C=O) groups is 2. The summed E-state index contributed by atoms with van der Waals surface area (Å²) in [4.78, 5) is 27.7. The number of hydrogen-bond donors (Lipinski definition) is 2. The van der Waals surface area contributed by atoms with Gasteiger partial charge in [-0.15, -0.1) is 0 Å². The van der Waals surface area contributed by atoms with Crippen molar-refractivity contribution in [2.75, 3.05) is 0 Å². The van der Waals surface area contributed by atoms with E-state index in [0.717, 1.165) is 22.4 Å². The van der Waals surface area contributed by atoms with Gasteiger partial charge in [-0.1, -0.05) is 24.3 Å². The minimum Gasteiger partial charge on any atom is -0.478 e. The molecule has 0 fully saturated rings. The van der Waals surface area contributed by atoms with Crippen molar-refractivity contribution in [2.45, 2.75) is 25.8 Å². The molecule has 0 spiro atoms. The number of rotatable bonds is 6. The van der Waals surface area contributed by atoms with Gasteiger partial charge in [-0.2, -0.15) is 0 Å². The Balaban J connectivity index is 1.60. The van der Waals surface area contributed by atoms with Crippen LogP contribution in [0.2, 0.25) is 0 Å². The van der Waals surface area contributed by atoms with E-state index < -0.39 is 5.97 Å². The zero-order valence-corrected chi connectivity index (χ0v) is 14.8. The number of benzene rings is 2. The number of aryl methyl sites for hydroxylation is 2. The van der Waals surface area contributed by atoms with E-state index in [-0.39, 0.29) is 17.5 Å². The molecule has 6 nitrogen and oxygen atoms in total. The van der Waals surface area contributed by atoms with E-state index in [1.165, 1.54) is 0 Å². The van der Waals surface area contributed by atoms with Gasteiger partial charge in [-0.3, -0.25) is 4.79 Å². The van der Waals surface area contributed by atoms with E-state index in [0.29, 0.717) is 12.8 Å². The summed E-state index contributed by atoms with van der Waals surface area (Å²) in [6.07, 6.45) is 0.891. The number of imidazole rings is 1. The Morgan fingerprint density at radius 1 is 1.15 bits per heavy atom. The van der Waals surface area contributed by atoms with Crippen molar-refractivity contribution in [3.63, 3.8) is 0 Å². The van der Waals surface area contributed by atoms with Crippen LogP contribution in [-0.4, -0.2) is 26.5 Å². The molecule has 1 heterocycles. The molecule has 0 aliphatic rings. The molecule has 1 amide bonds. The Morgan fingerprint density at radius 3 is 2.50 bits per heavy atom. The van der Waals surface area contributed by atoms with Gasteiger partial charge in [0.1, 0.15) is 5.82 Å². The lowest BCUT2D eigenvalue weighted by molar-refractivity contribution is -0.121. The van der Waals surface area contributed by atoms with Crippen LogP contribution in [0.15, 0.2) is 48.5 Å². The summed E-state index contributed by atoms with van der Waals surface area (Å²) in [5.41, 5.74) is 3.11. The van der Waals surface area contributed by atoms with Gasteiger partial charge < -0.3 is 15.0 Å². The van der Waals surface area contributed by atoms with E-state index in [9.17, 15) is 9.59 Å². The molecule has 3 aromatic rings. The minimum atomic E-state index is -0.953. The lowest BCUT2D eigenvalue weighted by atomic mass is 10.1. The van der Waals surface area contributed by atoms with Crippen LogP contribution in [0.25, 0.3) is 11.0 Å². The number of amides is 1. The van der Waals surface area contributed by atoms with Crippen LogP contribution in [0, 0.1) is 0 Å². The highest BCUT2D eigenvalue weighted by Crippen LogP contribution is 2.19. The Hall–Kier alpha value is -3.15. The van der Waals surface area contributed by atoms with E-state index in [2.05, 4.69) is 10.3 Å². The number of para-hydroxylation sites is 2. The molecular formula is C20H21N3O3. The number of nitrogens with zero attached hydrogens (tertiary/aromatic N) is 2. The predicted molar refractivity (Wildman–Crippen MR) is 99.0 cm³/mol. The van der Waals surface area contributed by atoms with Crippen molar-refractivity contribution in [3.8, 4) is 0 Å².